The molecule has 54 valence electrons. The van der Waals surface area contributed by atoms with Crippen LogP contribution in [0.25, 0.3) is 0 Å². The number of hydrogen-bond donors (Lipinski definition) is 0. The molecule has 0 spiro atoms. The van der Waals surface area contributed by atoms with Crippen LogP contribution in [0.2, 0.25) is 0 Å². The number of aliphatic imine (C=N–C) groups is 1. The number of nitrogens with zero attached hydrogens (tertiary/aromatic N) is 2. The summed E-state index contributed by atoms with van der Waals surface area (Å²) in [5.41, 5.74) is 0. The van der Waals surface area contributed by atoms with Crippen LogP contribution in [0.1, 0.15) is 13.3 Å². The van der Waals surface area contributed by atoms with Crippen molar-refractivity contribution in [1.29, 1.82) is 0 Å². The largest absolute Gasteiger partial charge is 0.305 e. The Balaban J connectivity index is 3.04. The predicted octanol–water partition coefficient (Wildman–Crippen LogP) is 1.03. The first-order chi connectivity index (χ1) is 4.31. The second-order valence-corrected chi connectivity index (χ2v) is 2.25. The number of likely N-dealkylation sites (N-methyl/N-ethyl adjacent to an activating group) is 1. The number of hydrogen-bond acceptors (Lipinski definition) is 2. The van der Waals surface area contributed by atoms with Gasteiger partial charge < -0.3 is 4.90 Å². The molecule has 0 aliphatic rings. The summed E-state index contributed by atoms with van der Waals surface area (Å²) < 4.78 is 0. The molecular weight excluding hydrogens is 112 g/mol. The fourth-order valence-electron chi connectivity index (χ4n) is 0.735. The van der Waals surface area contributed by atoms with E-state index in [1.54, 1.807) is 0 Å². The van der Waals surface area contributed by atoms with Crippen molar-refractivity contribution in [2.75, 3.05) is 26.7 Å². The first-order valence-corrected chi connectivity index (χ1v) is 3.42. The number of rotatable bonds is 5. The second kappa shape index (κ2) is 5.76. The first-order valence-electron chi connectivity index (χ1n) is 3.42. The van der Waals surface area contributed by atoms with E-state index in [0.717, 1.165) is 19.6 Å². The second-order valence-electron chi connectivity index (χ2n) is 2.25. The lowest BCUT2D eigenvalue weighted by Crippen LogP contribution is -2.22. The van der Waals surface area contributed by atoms with Crippen molar-refractivity contribution in [2.24, 2.45) is 4.99 Å². The van der Waals surface area contributed by atoms with Crippen LogP contribution in [0, 0.1) is 0 Å². The van der Waals surface area contributed by atoms with Gasteiger partial charge >= 0.3 is 0 Å². The molecule has 0 atom stereocenters. The first kappa shape index (κ1) is 8.63. The molecule has 2 heteroatoms. The van der Waals surface area contributed by atoms with Gasteiger partial charge in [-0.3, -0.25) is 4.99 Å². The third-order valence-electron chi connectivity index (χ3n) is 1.25. The van der Waals surface area contributed by atoms with Crippen LogP contribution in [0.15, 0.2) is 4.99 Å². The van der Waals surface area contributed by atoms with E-state index in [-0.39, 0.29) is 0 Å². The molecule has 0 aromatic rings. The zero-order valence-corrected chi connectivity index (χ0v) is 6.43. The van der Waals surface area contributed by atoms with Gasteiger partial charge in [-0.05, 0) is 26.7 Å². The van der Waals surface area contributed by atoms with Crippen LogP contribution in [-0.4, -0.2) is 38.3 Å². The fraction of sp³-hybridized carbons (Fsp3) is 0.857. The van der Waals surface area contributed by atoms with Gasteiger partial charge in [-0.15, -0.1) is 0 Å². The summed E-state index contributed by atoms with van der Waals surface area (Å²) in [6.07, 6.45) is 1.22. The van der Waals surface area contributed by atoms with E-state index in [1.165, 1.54) is 6.42 Å². The van der Waals surface area contributed by atoms with Gasteiger partial charge in [0.1, 0.15) is 0 Å². The van der Waals surface area contributed by atoms with E-state index < -0.39 is 0 Å². The molecule has 0 aliphatic carbocycles. The van der Waals surface area contributed by atoms with Crippen molar-refractivity contribution in [2.45, 2.75) is 13.3 Å². The highest BCUT2D eigenvalue weighted by Gasteiger charge is 1.91. The normalized spacial score (nSPS) is 10.1. The third kappa shape index (κ3) is 5.50. The fourth-order valence-corrected chi connectivity index (χ4v) is 0.735. The van der Waals surface area contributed by atoms with Crippen molar-refractivity contribution in [3.8, 4) is 0 Å². The lowest BCUT2D eigenvalue weighted by atomic mass is 10.4. The molecule has 0 saturated heterocycles. The van der Waals surface area contributed by atoms with E-state index in [0.29, 0.717) is 0 Å². The Morgan fingerprint density at radius 2 is 2.11 bits per heavy atom. The van der Waals surface area contributed by atoms with Gasteiger partial charge in [0.05, 0.1) is 6.54 Å². The SMILES string of the molecule is C=NCCN(C)CCC. The summed E-state index contributed by atoms with van der Waals surface area (Å²) in [5, 5.41) is 0. The van der Waals surface area contributed by atoms with Crippen LogP contribution < -0.4 is 0 Å². The highest BCUT2D eigenvalue weighted by molar-refractivity contribution is 5.23. The van der Waals surface area contributed by atoms with Crippen LogP contribution in [0.4, 0.5) is 0 Å². The summed E-state index contributed by atoms with van der Waals surface area (Å²) in [4.78, 5) is 6.02. The third-order valence-corrected chi connectivity index (χ3v) is 1.25. The molecule has 0 radical (unpaired) electrons. The van der Waals surface area contributed by atoms with Crippen LogP contribution in [-0.2, 0) is 0 Å². The highest BCUT2D eigenvalue weighted by Crippen LogP contribution is 1.84. The van der Waals surface area contributed by atoms with E-state index in [9.17, 15) is 0 Å². The molecule has 0 bridgehead atoms. The predicted molar refractivity (Wildman–Crippen MR) is 42.2 cm³/mol. The lowest BCUT2D eigenvalue weighted by Gasteiger charge is -2.12. The zero-order chi connectivity index (χ0) is 7.11. The van der Waals surface area contributed by atoms with E-state index in [4.69, 9.17) is 0 Å². The Hall–Kier alpha value is -0.370. The minimum absolute atomic E-state index is 0.858. The van der Waals surface area contributed by atoms with Crippen LogP contribution in [0.3, 0.4) is 0 Å². The molecule has 0 aromatic heterocycles. The van der Waals surface area contributed by atoms with Crippen molar-refractivity contribution < 1.29 is 0 Å². The smallest absolute Gasteiger partial charge is 0.0509 e. The van der Waals surface area contributed by atoms with Gasteiger partial charge in [-0.25, -0.2) is 0 Å². The average molecular weight is 128 g/mol. The molecular formula is C7H16N2. The molecule has 0 heterocycles. The quantitative estimate of drug-likeness (QED) is 0.505. The van der Waals surface area contributed by atoms with Crippen LogP contribution >= 0.6 is 0 Å². The monoisotopic (exact) mass is 128 g/mol. The maximum absolute atomic E-state index is 3.77. The molecule has 0 rings (SSSR count). The van der Waals surface area contributed by atoms with Crippen molar-refractivity contribution >= 4 is 6.72 Å². The Labute approximate surface area is 57.6 Å². The van der Waals surface area contributed by atoms with Gasteiger partial charge in [0, 0.05) is 6.54 Å². The average Bonchev–Trinajstić information content (AvgIpc) is 1.85. The van der Waals surface area contributed by atoms with Crippen molar-refractivity contribution in [3.05, 3.63) is 0 Å². The Bertz CT molecular complexity index is 71.3. The van der Waals surface area contributed by atoms with Gasteiger partial charge in [-0.1, -0.05) is 6.92 Å². The maximum Gasteiger partial charge on any atom is 0.0509 e. The lowest BCUT2D eigenvalue weighted by molar-refractivity contribution is 0.345. The molecule has 0 aliphatic heterocycles. The van der Waals surface area contributed by atoms with Crippen molar-refractivity contribution in [3.63, 3.8) is 0 Å². The summed E-state index contributed by atoms with van der Waals surface area (Å²) in [6, 6.07) is 0. The molecule has 0 amide bonds. The summed E-state index contributed by atoms with van der Waals surface area (Å²) in [7, 11) is 2.11. The van der Waals surface area contributed by atoms with Gasteiger partial charge in [0.15, 0.2) is 0 Å². The summed E-state index contributed by atoms with van der Waals surface area (Å²) in [6.45, 7) is 8.65. The molecule has 2 nitrogen and oxygen atoms in total. The maximum atomic E-state index is 3.77. The minimum atomic E-state index is 0.858. The van der Waals surface area contributed by atoms with Crippen LogP contribution in [0.5, 0.6) is 0 Å². The summed E-state index contributed by atoms with van der Waals surface area (Å²) >= 11 is 0. The zero-order valence-electron chi connectivity index (χ0n) is 6.43. The van der Waals surface area contributed by atoms with Gasteiger partial charge in [0.25, 0.3) is 0 Å². The minimum Gasteiger partial charge on any atom is -0.305 e. The molecule has 0 unspecified atom stereocenters. The molecule has 9 heavy (non-hydrogen) atoms. The Morgan fingerprint density at radius 3 is 2.56 bits per heavy atom. The van der Waals surface area contributed by atoms with Gasteiger partial charge in [0.2, 0.25) is 0 Å². The Kier molecular flexibility index (Phi) is 5.52. The van der Waals surface area contributed by atoms with Gasteiger partial charge in [-0.2, -0.15) is 0 Å². The highest BCUT2D eigenvalue weighted by atomic mass is 15.1. The van der Waals surface area contributed by atoms with E-state index in [1.807, 2.05) is 0 Å². The molecule has 0 fully saturated rings. The standard InChI is InChI=1S/C7H16N2/c1-4-6-9(3)7-5-8-2/h2,4-7H2,1,3H3. The molecule has 0 aromatic carbocycles. The van der Waals surface area contributed by atoms with Crippen molar-refractivity contribution in [1.82, 2.24) is 4.90 Å². The molecule has 0 saturated carbocycles. The van der Waals surface area contributed by atoms with E-state index >= 15 is 0 Å². The topological polar surface area (TPSA) is 15.6 Å². The van der Waals surface area contributed by atoms with E-state index in [2.05, 4.69) is 30.6 Å². The summed E-state index contributed by atoms with van der Waals surface area (Å²) in [5.74, 6) is 0. The Morgan fingerprint density at radius 1 is 1.44 bits per heavy atom. The molecule has 0 N–H and O–H groups in total.